The first-order valence-corrected chi connectivity index (χ1v) is 6.26. The molecule has 0 bridgehead atoms. The molecular formula is C14H19NO2. The van der Waals surface area contributed by atoms with Gasteiger partial charge < -0.3 is 14.8 Å². The number of methoxy groups -OCH3 is 1. The van der Waals surface area contributed by atoms with Gasteiger partial charge in [0.2, 0.25) is 0 Å². The van der Waals surface area contributed by atoms with E-state index in [0.717, 1.165) is 39.1 Å². The zero-order chi connectivity index (χ0) is 11.7. The summed E-state index contributed by atoms with van der Waals surface area (Å²) in [4.78, 5) is 0. The normalized spacial score (nSPS) is 21.7. The fourth-order valence-corrected chi connectivity index (χ4v) is 2.64. The molecule has 0 spiro atoms. The SMILES string of the molecule is COC1(Cc2ccc3c(c2)CCOC3)CNC1. The molecule has 0 aliphatic carbocycles. The van der Waals surface area contributed by atoms with Crippen LogP contribution < -0.4 is 5.32 Å². The quantitative estimate of drug-likeness (QED) is 0.853. The molecule has 1 saturated heterocycles. The number of fused-ring (bicyclic) bond motifs is 1. The van der Waals surface area contributed by atoms with Crippen LogP contribution in [-0.2, 0) is 28.9 Å². The molecule has 1 aromatic carbocycles. The van der Waals surface area contributed by atoms with Gasteiger partial charge in [-0.05, 0) is 23.1 Å². The van der Waals surface area contributed by atoms with Gasteiger partial charge in [0, 0.05) is 26.6 Å². The van der Waals surface area contributed by atoms with E-state index in [1.54, 1.807) is 0 Å². The molecule has 1 fully saturated rings. The van der Waals surface area contributed by atoms with E-state index in [1.807, 2.05) is 7.11 Å². The lowest BCUT2D eigenvalue weighted by Gasteiger charge is -2.41. The minimum atomic E-state index is 0.0272. The Kier molecular flexibility index (Phi) is 2.90. The van der Waals surface area contributed by atoms with E-state index in [4.69, 9.17) is 9.47 Å². The van der Waals surface area contributed by atoms with Crippen LogP contribution in [0.2, 0.25) is 0 Å². The minimum Gasteiger partial charge on any atom is -0.376 e. The number of nitrogens with one attached hydrogen (secondary N) is 1. The van der Waals surface area contributed by atoms with E-state index in [-0.39, 0.29) is 5.60 Å². The Hall–Kier alpha value is -0.900. The summed E-state index contributed by atoms with van der Waals surface area (Å²) in [5, 5.41) is 3.29. The van der Waals surface area contributed by atoms with Gasteiger partial charge >= 0.3 is 0 Å². The van der Waals surface area contributed by atoms with Crippen LogP contribution in [0.1, 0.15) is 16.7 Å². The lowest BCUT2D eigenvalue weighted by atomic mass is 9.87. The summed E-state index contributed by atoms with van der Waals surface area (Å²) < 4.78 is 11.1. The van der Waals surface area contributed by atoms with Crippen molar-refractivity contribution in [2.24, 2.45) is 0 Å². The van der Waals surface area contributed by atoms with Crippen molar-refractivity contribution in [3.8, 4) is 0 Å². The van der Waals surface area contributed by atoms with Gasteiger partial charge in [0.1, 0.15) is 0 Å². The first kappa shape index (κ1) is 11.2. The number of benzene rings is 1. The van der Waals surface area contributed by atoms with Crippen LogP contribution in [0.15, 0.2) is 18.2 Å². The first-order valence-electron chi connectivity index (χ1n) is 6.26. The summed E-state index contributed by atoms with van der Waals surface area (Å²) in [6.07, 6.45) is 2.05. The maximum atomic E-state index is 5.63. The second-order valence-electron chi connectivity index (χ2n) is 5.07. The highest BCUT2D eigenvalue weighted by molar-refractivity contribution is 5.34. The standard InChI is InChI=1S/C14H19NO2/c1-16-14(9-15-10-14)7-11-2-3-13-8-17-5-4-12(13)6-11/h2-3,6,15H,4-5,7-10H2,1H3. The Balaban J connectivity index is 1.79. The molecular weight excluding hydrogens is 214 g/mol. The molecule has 92 valence electrons. The highest BCUT2D eigenvalue weighted by atomic mass is 16.5. The van der Waals surface area contributed by atoms with Gasteiger partial charge in [-0.2, -0.15) is 0 Å². The van der Waals surface area contributed by atoms with Crippen molar-refractivity contribution in [3.05, 3.63) is 34.9 Å². The molecule has 1 aromatic rings. The van der Waals surface area contributed by atoms with E-state index < -0.39 is 0 Å². The zero-order valence-electron chi connectivity index (χ0n) is 10.3. The summed E-state index contributed by atoms with van der Waals surface area (Å²) in [6.45, 7) is 3.55. The fourth-order valence-electron chi connectivity index (χ4n) is 2.64. The van der Waals surface area contributed by atoms with Crippen LogP contribution in [-0.4, -0.2) is 32.4 Å². The summed E-state index contributed by atoms with van der Waals surface area (Å²) in [7, 11) is 1.81. The molecule has 0 saturated carbocycles. The van der Waals surface area contributed by atoms with Gasteiger partial charge in [0.15, 0.2) is 0 Å². The van der Waals surface area contributed by atoms with Crippen LogP contribution in [0, 0.1) is 0 Å². The van der Waals surface area contributed by atoms with Crippen molar-refractivity contribution in [1.29, 1.82) is 0 Å². The van der Waals surface area contributed by atoms with E-state index in [9.17, 15) is 0 Å². The van der Waals surface area contributed by atoms with Crippen LogP contribution in [0.25, 0.3) is 0 Å². The Morgan fingerprint density at radius 2 is 2.24 bits per heavy atom. The molecule has 2 aliphatic heterocycles. The predicted molar refractivity (Wildman–Crippen MR) is 66.1 cm³/mol. The van der Waals surface area contributed by atoms with Crippen LogP contribution in [0.5, 0.6) is 0 Å². The van der Waals surface area contributed by atoms with Crippen molar-refractivity contribution < 1.29 is 9.47 Å². The monoisotopic (exact) mass is 233 g/mol. The second kappa shape index (κ2) is 4.41. The Morgan fingerprint density at radius 1 is 1.35 bits per heavy atom. The van der Waals surface area contributed by atoms with Gasteiger partial charge in [0.05, 0.1) is 18.8 Å². The Bertz CT molecular complexity index is 407. The number of hydrogen-bond donors (Lipinski definition) is 1. The maximum Gasteiger partial charge on any atom is 0.0966 e. The number of ether oxygens (including phenoxy) is 2. The molecule has 0 amide bonds. The predicted octanol–water partition coefficient (Wildman–Crippen LogP) is 1.29. The third-order valence-electron chi connectivity index (χ3n) is 3.90. The molecule has 1 N–H and O–H groups in total. The largest absolute Gasteiger partial charge is 0.376 e. The van der Waals surface area contributed by atoms with Crippen molar-refractivity contribution >= 4 is 0 Å². The van der Waals surface area contributed by atoms with Crippen LogP contribution >= 0.6 is 0 Å². The van der Waals surface area contributed by atoms with E-state index in [0.29, 0.717) is 0 Å². The van der Waals surface area contributed by atoms with Gasteiger partial charge in [-0.3, -0.25) is 0 Å². The van der Waals surface area contributed by atoms with Crippen LogP contribution in [0.3, 0.4) is 0 Å². The summed E-state index contributed by atoms with van der Waals surface area (Å²) in [5.41, 5.74) is 4.21. The third kappa shape index (κ3) is 2.10. The molecule has 17 heavy (non-hydrogen) atoms. The molecule has 3 rings (SSSR count). The molecule has 0 unspecified atom stereocenters. The molecule has 2 heterocycles. The summed E-state index contributed by atoms with van der Waals surface area (Å²) in [6, 6.07) is 6.75. The van der Waals surface area contributed by atoms with E-state index in [2.05, 4.69) is 23.5 Å². The zero-order valence-corrected chi connectivity index (χ0v) is 10.3. The van der Waals surface area contributed by atoms with Gasteiger partial charge in [-0.15, -0.1) is 0 Å². The van der Waals surface area contributed by atoms with Crippen molar-refractivity contribution in [1.82, 2.24) is 5.32 Å². The van der Waals surface area contributed by atoms with Crippen molar-refractivity contribution in [3.63, 3.8) is 0 Å². The van der Waals surface area contributed by atoms with Gasteiger partial charge in [-0.1, -0.05) is 18.2 Å². The van der Waals surface area contributed by atoms with E-state index >= 15 is 0 Å². The summed E-state index contributed by atoms with van der Waals surface area (Å²) in [5.74, 6) is 0. The average Bonchev–Trinajstić information content (AvgIpc) is 2.34. The lowest BCUT2D eigenvalue weighted by Crippen LogP contribution is -2.61. The third-order valence-corrected chi connectivity index (χ3v) is 3.90. The molecule has 0 radical (unpaired) electrons. The highest BCUT2D eigenvalue weighted by Gasteiger charge is 2.36. The van der Waals surface area contributed by atoms with Gasteiger partial charge in [-0.25, -0.2) is 0 Å². The molecule has 0 aromatic heterocycles. The average molecular weight is 233 g/mol. The topological polar surface area (TPSA) is 30.5 Å². The first-order chi connectivity index (χ1) is 8.31. The molecule has 0 atom stereocenters. The molecule has 2 aliphatic rings. The minimum absolute atomic E-state index is 0.0272. The Labute approximate surface area is 102 Å². The van der Waals surface area contributed by atoms with Crippen molar-refractivity contribution in [2.45, 2.75) is 25.0 Å². The molecule has 3 nitrogen and oxygen atoms in total. The maximum absolute atomic E-state index is 5.63. The van der Waals surface area contributed by atoms with Crippen molar-refractivity contribution in [2.75, 3.05) is 26.8 Å². The second-order valence-corrected chi connectivity index (χ2v) is 5.07. The smallest absolute Gasteiger partial charge is 0.0966 e. The highest BCUT2D eigenvalue weighted by Crippen LogP contribution is 2.25. The van der Waals surface area contributed by atoms with Gasteiger partial charge in [0.25, 0.3) is 0 Å². The lowest BCUT2D eigenvalue weighted by molar-refractivity contribution is -0.0502. The number of rotatable bonds is 3. The van der Waals surface area contributed by atoms with Crippen LogP contribution in [0.4, 0.5) is 0 Å². The fraction of sp³-hybridized carbons (Fsp3) is 0.571. The molecule has 3 heteroatoms. The summed E-state index contributed by atoms with van der Waals surface area (Å²) >= 11 is 0. The Morgan fingerprint density at radius 3 is 2.94 bits per heavy atom. The number of hydrogen-bond acceptors (Lipinski definition) is 3. The van der Waals surface area contributed by atoms with E-state index in [1.165, 1.54) is 16.7 Å².